The molecule has 0 unspecified atom stereocenters. The topological polar surface area (TPSA) is 104 Å². The molecular weight excluding hydrogens is 412 g/mol. The minimum absolute atomic E-state index is 0.0479. The summed E-state index contributed by atoms with van der Waals surface area (Å²) < 4.78 is 28.1. The summed E-state index contributed by atoms with van der Waals surface area (Å²) in [5, 5.41) is 12.9. The number of aromatic hydroxyl groups is 1. The monoisotopic (exact) mass is 426 g/mol. The van der Waals surface area contributed by atoms with Crippen molar-refractivity contribution in [1.29, 1.82) is 0 Å². The van der Waals surface area contributed by atoms with E-state index in [2.05, 4.69) is 20.0 Å². The predicted molar refractivity (Wildman–Crippen MR) is 113 cm³/mol. The van der Waals surface area contributed by atoms with Gasteiger partial charge in [0.05, 0.1) is 15.9 Å². The first-order valence-corrected chi connectivity index (χ1v) is 10.4. The molecule has 4 rings (SSSR count). The number of aromatic nitrogens is 2. The molecule has 0 aliphatic heterocycles. The molecule has 1 heterocycles. The van der Waals surface area contributed by atoms with Crippen LogP contribution in [0.25, 0.3) is 11.0 Å². The van der Waals surface area contributed by atoms with Gasteiger partial charge in [-0.05, 0) is 60.7 Å². The smallest absolute Gasteiger partial charge is 0.263 e. The minimum atomic E-state index is -3.91. The number of halogens is 1. The summed E-state index contributed by atoms with van der Waals surface area (Å²) in [5.74, 6) is 0.391. The standard InChI is InChI=1S/C20H15ClN4O3S/c21-13-5-11-16(12-6-13)29(27,28)25-20-19(22-14-7-9-15(26)10-8-14)23-17-3-1-2-4-18(17)24-20/h1-12,26H,(H,22,23)(H,24,25). The average molecular weight is 427 g/mol. The number of phenolic OH excluding ortho intramolecular Hbond substituents is 1. The number of sulfonamides is 1. The molecule has 0 atom stereocenters. The van der Waals surface area contributed by atoms with Crippen LogP contribution in [0.5, 0.6) is 5.75 Å². The fraction of sp³-hybridized carbons (Fsp3) is 0. The number of anilines is 3. The number of para-hydroxylation sites is 2. The minimum Gasteiger partial charge on any atom is -0.508 e. The lowest BCUT2D eigenvalue weighted by Crippen LogP contribution is -2.16. The summed E-state index contributed by atoms with van der Waals surface area (Å²) in [6.45, 7) is 0. The lowest BCUT2D eigenvalue weighted by molar-refractivity contribution is 0.475. The Bertz CT molecular complexity index is 1280. The van der Waals surface area contributed by atoms with Crippen molar-refractivity contribution in [3.63, 3.8) is 0 Å². The molecule has 0 saturated carbocycles. The van der Waals surface area contributed by atoms with E-state index in [0.717, 1.165) is 0 Å². The van der Waals surface area contributed by atoms with Gasteiger partial charge in [0.2, 0.25) is 0 Å². The van der Waals surface area contributed by atoms with Crippen molar-refractivity contribution in [1.82, 2.24) is 9.97 Å². The summed E-state index contributed by atoms with van der Waals surface area (Å²) >= 11 is 5.85. The van der Waals surface area contributed by atoms with Crippen molar-refractivity contribution in [2.75, 3.05) is 10.0 Å². The molecule has 0 radical (unpaired) electrons. The molecule has 7 nitrogen and oxygen atoms in total. The van der Waals surface area contributed by atoms with Gasteiger partial charge >= 0.3 is 0 Å². The van der Waals surface area contributed by atoms with Gasteiger partial charge in [-0.3, -0.25) is 4.72 Å². The summed E-state index contributed by atoms with van der Waals surface area (Å²) in [6, 6.07) is 19.2. The molecule has 146 valence electrons. The normalized spacial score (nSPS) is 11.3. The Balaban J connectivity index is 1.77. The maximum atomic E-state index is 12.8. The number of hydrogen-bond donors (Lipinski definition) is 3. The molecule has 0 spiro atoms. The van der Waals surface area contributed by atoms with Gasteiger partial charge in [-0.1, -0.05) is 23.7 Å². The summed E-state index contributed by atoms with van der Waals surface area (Å²) in [4.78, 5) is 8.98. The highest BCUT2D eigenvalue weighted by Crippen LogP contribution is 2.28. The van der Waals surface area contributed by atoms with E-state index in [4.69, 9.17) is 11.6 Å². The third-order valence-electron chi connectivity index (χ3n) is 4.06. The van der Waals surface area contributed by atoms with Crippen LogP contribution in [0.3, 0.4) is 0 Å². The molecule has 0 amide bonds. The molecule has 0 bridgehead atoms. The summed E-state index contributed by atoms with van der Waals surface area (Å²) in [5.41, 5.74) is 1.75. The van der Waals surface area contributed by atoms with Crippen LogP contribution in [0.2, 0.25) is 5.02 Å². The molecule has 0 aliphatic carbocycles. The first-order valence-electron chi connectivity index (χ1n) is 8.52. The highest BCUT2D eigenvalue weighted by Gasteiger charge is 2.19. The molecule has 0 aliphatic rings. The van der Waals surface area contributed by atoms with Crippen molar-refractivity contribution >= 4 is 50.0 Å². The third-order valence-corrected chi connectivity index (χ3v) is 5.66. The van der Waals surface area contributed by atoms with Crippen LogP contribution in [0.1, 0.15) is 0 Å². The first kappa shape index (κ1) is 19.0. The van der Waals surface area contributed by atoms with Crippen molar-refractivity contribution in [3.8, 4) is 5.75 Å². The number of benzene rings is 3. The molecule has 0 fully saturated rings. The van der Waals surface area contributed by atoms with Crippen LogP contribution in [0.4, 0.5) is 17.3 Å². The van der Waals surface area contributed by atoms with Gasteiger partial charge in [0.1, 0.15) is 5.75 Å². The molecule has 3 N–H and O–H groups in total. The molecule has 1 aromatic heterocycles. The second kappa shape index (κ2) is 7.57. The van der Waals surface area contributed by atoms with Crippen molar-refractivity contribution in [2.45, 2.75) is 4.90 Å². The van der Waals surface area contributed by atoms with Crippen molar-refractivity contribution in [2.24, 2.45) is 0 Å². The first-order chi connectivity index (χ1) is 13.9. The number of nitrogens with zero attached hydrogens (tertiary/aromatic N) is 2. The van der Waals surface area contributed by atoms with Crippen LogP contribution in [0.15, 0.2) is 77.7 Å². The zero-order chi connectivity index (χ0) is 20.4. The number of fused-ring (bicyclic) bond motifs is 1. The van der Waals surface area contributed by atoms with Gasteiger partial charge in [-0.2, -0.15) is 0 Å². The van der Waals surface area contributed by atoms with E-state index in [1.54, 1.807) is 30.3 Å². The Morgan fingerprint density at radius 3 is 2.00 bits per heavy atom. The number of rotatable bonds is 5. The molecule has 0 saturated heterocycles. The Morgan fingerprint density at radius 1 is 0.793 bits per heavy atom. The van der Waals surface area contributed by atoms with Crippen molar-refractivity contribution in [3.05, 3.63) is 77.8 Å². The maximum Gasteiger partial charge on any atom is 0.263 e. The fourth-order valence-corrected chi connectivity index (χ4v) is 3.77. The van der Waals surface area contributed by atoms with Gasteiger partial charge < -0.3 is 10.4 Å². The van der Waals surface area contributed by atoms with E-state index >= 15 is 0 Å². The van der Waals surface area contributed by atoms with Crippen molar-refractivity contribution < 1.29 is 13.5 Å². The summed E-state index contributed by atoms with van der Waals surface area (Å²) in [7, 11) is -3.91. The molecule has 29 heavy (non-hydrogen) atoms. The molecule has 3 aromatic carbocycles. The molecule has 9 heteroatoms. The Morgan fingerprint density at radius 2 is 1.38 bits per heavy atom. The molecular formula is C20H15ClN4O3S. The highest BCUT2D eigenvalue weighted by atomic mass is 35.5. The Labute approximate surface area is 172 Å². The Hall–Kier alpha value is -3.36. The maximum absolute atomic E-state index is 12.8. The van der Waals surface area contributed by atoms with E-state index in [9.17, 15) is 13.5 Å². The second-order valence-corrected chi connectivity index (χ2v) is 8.26. The average Bonchev–Trinajstić information content (AvgIpc) is 2.70. The van der Waals surface area contributed by atoms with E-state index in [0.29, 0.717) is 21.7 Å². The number of hydrogen-bond acceptors (Lipinski definition) is 6. The largest absolute Gasteiger partial charge is 0.508 e. The fourth-order valence-electron chi connectivity index (χ4n) is 2.64. The SMILES string of the molecule is O=S(=O)(Nc1nc2ccccc2nc1Nc1ccc(O)cc1)c1ccc(Cl)cc1. The van der Waals surface area contributed by atoms with E-state index in [1.165, 1.54) is 36.4 Å². The third kappa shape index (κ3) is 4.23. The van der Waals surface area contributed by atoms with Crippen LogP contribution in [-0.4, -0.2) is 23.5 Å². The van der Waals surface area contributed by atoms with E-state index in [-0.39, 0.29) is 22.3 Å². The molecule has 4 aromatic rings. The van der Waals surface area contributed by atoms with Crippen LogP contribution < -0.4 is 10.0 Å². The van der Waals surface area contributed by atoms with E-state index in [1.807, 2.05) is 6.07 Å². The van der Waals surface area contributed by atoms with E-state index < -0.39 is 10.0 Å². The zero-order valence-electron chi connectivity index (χ0n) is 14.9. The van der Waals surface area contributed by atoms with Crippen LogP contribution in [-0.2, 0) is 10.0 Å². The van der Waals surface area contributed by atoms with Gasteiger partial charge in [-0.15, -0.1) is 0 Å². The van der Waals surface area contributed by atoms with Gasteiger partial charge in [0.15, 0.2) is 11.6 Å². The highest BCUT2D eigenvalue weighted by molar-refractivity contribution is 7.92. The number of nitrogens with one attached hydrogen (secondary N) is 2. The lowest BCUT2D eigenvalue weighted by Gasteiger charge is -2.14. The van der Waals surface area contributed by atoms with Gasteiger partial charge in [0.25, 0.3) is 10.0 Å². The zero-order valence-corrected chi connectivity index (χ0v) is 16.4. The second-order valence-electron chi connectivity index (χ2n) is 6.14. The van der Waals surface area contributed by atoms with Gasteiger partial charge in [0, 0.05) is 10.7 Å². The summed E-state index contributed by atoms with van der Waals surface area (Å²) in [6.07, 6.45) is 0. The van der Waals surface area contributed by atoms with Crippen LogP contribution in [0, 0.1) is 0 Å². The quantitative estimate of drug-likeness (QED) is 0.405. The predicted octanol–water partition coefficient (Wildman–Crippen LogP) is 4.53. The Kier molecular flexibility index (Phi) is 4.96. The van der Waals surface area contributed by atoms with Crippen LogP contribution >= 0.6 is 11.6 Å². The lowest BCUT2D eigenvalue weighted by atomic mass is 10.3. The van der Waals surface area contributed by atoms with Gasteiger partial charge in [-0.25, -0.2) is 18.4 Å². The number of phenols is 1.